The molecule has 0 aliphatic rings. The molecule has 0 aliphatic heterocycles. The molecule has 494 valence electrons. The van der Waals surface area contributed by atoms with Gasteiger partial charge in [0.25, 0.3) is 0 Å². The number of unbranched alkanes of at least 4 members (excludes halogenated alkanes) is 54. The molecule has 84 heavy (non-hydrogen) atoms. The van der Waals surface area contributed by atoms with Gasteiger partial charge in [0.15, 0.2) is 0 Å². The highest BCUT2D eigenvalue weighted by atomic mass is 16.5. The van der Waals surface area contributed by atoms with Crippen LogP contribution in [-0.2, 0) is 14.3 Å². The van der Waals surface area contributed by atoms with Crippen molar-refractivity contribution < 1.29 is 24.5 Å². The molecule has 0 rings (SSSR count). The number of aliphatic hydroxyl groups excluding tert-OH is 2. The predicted octanol–water partition coefficient (Wildman–Crippen LogP) is 24.8. The van der Waals surface area contributed by atoms with E-state index in [-0.39, 0.29) is 18.5 Å². The van der Waals surface area contributed by atoms with Gasteiger partial charge >= 0.3 is 5.97 Å². The number of ether oxygens (including phenoxy) is 1. The summed E-state index contributed by atoms with van der Waals surface area (Å²) >= 11 is 0. The Balaban J connectivity index is 3.39. The van der Waals surface area contributed by atoms with Crippen LogP contribution in [0.25, 0.3) is 0 Å². The van der Waals surface area contributed by atoms with Crippen molar-refractivity contribution in [2.75, 3.05) is 13.2 Å². The van der Waals surface area contributed by atoms with Crippen LogP contribution in [0, 0.1) is 0 Å². The summed E-state index contributed by atoms with van der Waals surface area (Å²) in [6.07, 6.45) is 96.4. The van der Waals surface area contributed by atoms with Crippen molar-refractivity contribution in [3.8, 4) is 0 Å². The van der Waals surface area contributed by atoms with Gasteiger partial charge in [-0.1, -0.05) is 358 Å². The first-order valence-electron chi connectivity index (χ1n) is 37.9. The van der Waals surface area contributed by atoms with Crippen molar-refractivity contribution in [1.29, 1.82) is 0 Å². The number of hydrogen-bond acceptors (Lipinski definition) is 5. The first-order chi connectivity index (χ1) is 41.5. The Morgan fingerprint density at radius 1 is 0.333 bits per heavy atom. The summed E-state index contributed by atoms with van der Waals surface area (Å²) in [5.74, 6) is -0.0585. The van der Waals surface area contributed by atoms with E-state index < -0.39 is 12.1 Å². The minimum Gasteiger partial charge on any atom is -0.466 e. The molecule has 0 saturated heterocycles. The molecular formula is C78H147NO5. The van der Waals surface area contributed by atoms with Gasteiger partial charge in [-0.2, -0.15) is 0 Å². The third kappa shape index (κ3) is 68.9. The first kappa shape index (κ1) is 81.8. The quantitative estimate of drug-likeness (QED) is 0.0320. The molecule has 2 unspecified atom stereocenters. The van der Waals surface area contributed by atoms with Crippen LogP contribution in [-0.4, -0.2) is 47.4 Å². The molecule has 0 aliphatic carbocycles. The molecule has 6 nitrogen and oxygen atoms in total. The highest BCUT2D eigenvalue weighted by molar-refractivity contribution is 5.76. The van der Waals surface area contributed by atoms with Crippen LogP contribution in [0.15, 0.2) is 48.6 Å². The van der Waals surface area contributed by atoms with Gasteiger partial charge in [0, 0.05) is 12.8 Å². The van der Waals surface area contributed by atoms with Crippen molar-refractivity contribution in [2.24, 2.45) is 0 Å². The smallest absolute Gasteiger partial charge is 0.305 e. The summed E-state index contributed by atoms with van der Waals surface area (Å²) < 4.78 is 5.49. The number of carbonyl (C=O) groups is 2. The van der Waals surface area contributed by atoms with Crippen LogP contribution >= 0.6 is 0 Å². The second kappa shape index (κ2) is 73.3. The van der Waals surface area contributed by atoms with Gasteiger partial charge in [0.1, 0.15) is 0 Å². The number of carbonyl (C=O) groups excluding carboxylic acids is 2. The maximum atomic E-state index is 12.5. The fraction of sp³-hybridized carbons (Fsp3) is 0.872. The zero-order valence-electron chi connectivity index (χ0n) is 56.6. The van der Waals surface area contributed by atoms with E-state index in [4.69, 9.17) is 4.74 Å². The maximum Gasteiger partial charge on any atom is 0.305 e. The van der Waals surface area contributed by atoms with Gasteiger partial charge in [-0.3, -0.25) is 9.59 Å². The van der Waals surface area contributed by atoms with Crippen LogP contribution in [0.2, 0.25) is 0 Å². The van der Waals surface area contributed by atoms with Gasteiger partial charge < -0.3 is 20.3 Å². The Kier molecular flexibility index (Phi) is 71.4. The fourth-order valence-electron chi connectivity index (χ4n) is 11.8. The lowest BCUT2D eigenvalue weighted by molar-refractivity contribution is -0.143. The van der Waals surface area contributed by atoms with E-state index in [1.54, 1.807) is 6.08 Å². The second-order valence-electron chi connectivity index (χ2n) is 26.0. The summed E-state index contributed by atoms with van der Waals surface area (Å²) in [6, 6.07) is -0.628. The second-order valence-corrected chi connectivity index (χ2v) is 26.0. The molecule has 0 bridgehead atoms. The van der Waals surface area contributed by atoms with Crippen LogP contribution in [0.5, 0.6) is 0 Å². The molecule has 0 heterocycles. The van der Waals surface area contributed by atoms with E-state index >= 15 is 0 Å². The van der Waals surface area contributed by atoms with Gasteiger partial charge in [-0.25, -0.2) is 0 Å². The molecular weight excluding hydrogens is 1030 g/mol. The van der Waals surface area contributed by atoms with Crippen molar-refractivity contribution >= 4 is 11.9 Å². The highest BCUT2D eigenvalue weighted by Gasteiger charge is 2.18. The molecule has 0 fully saturated rings. The summed E-state index contributed by atoms with van der Waals surface area (Å²) in [5.41, 5.74) is 0. The minimum absolute atomic E-state index is 0.00364. The monoisotopic (exact) mass is 1180 g/mol. The van der Waals surface area contributed by atoms with Gasteiger partial charge in [-0.05, 0) is 89.9 Å². The molecule has 0 saturated carbocycles. The van der Waals surface area contributed by atoms with E-state index in [1.165, 1.54) is 334 Å². The van der Waals surface area contributed by atoms with E-state index in [9.17, 15) is 19.8 Å². The number of allylic oxidation sites excluding steroid dienone is 7. The van der Waals surface area contributed by atoms with Gasteiger partial charge in [0.05, 0.1) is 25.4 Å². The molecule has 3 N–H and O–H groups in total. The van der Waals surface area contributed by atoms with Crippen LogP contribution in [0.1, 0.15) is 412 Å². The van der Waals surface area contributed by atoms with E-state index in [2.05, 4.69) is 55.6 Å². The van der Waals surface area contributed by atoms with Crippen molar-refractivity contribution in [2.45, 2.75) is 424 Å². The van der Waals surface area contributed by atoms with E-state index in [0.717, 1.165) is 51.4 Å². The van der Waals surface area contributed by atoms with Crippen molar-refractivity contribution in [3.63, 3.8) is 0 Å². The molecule has 0 spiro atoms. The number of nitrogens with one attached hydrogen (secondary N) is 1. The number of aliphatic hydroxyl groups is 2. The molecule has 6 heteroatoms. The van der Waals surface area contributed by atoms with Crippen LogP contribution in [0.4, 0.5) is 0 Å². The van der Waals surface area contributed by atoms with Crippen molar-refractivity contribution in [1.82, 2.24) is 5.32 Å². The number of hydrogen-bond donors (Lipinski definition) is 3. The Morgan fingerprint density at radius 2 is 0.595 bits per heavy atom. The molecule has 0 aromatic heterocycles. The summed E-state index contributed by atoms with van der Waals surface area (Å²) in [6.45, 7) is 4.91. The number of amides is 1. The van der Waals surface area contributed by atoms with Crippen molar-refractivity contribution in [3.05, 3.63) is 48.6 Å². The molecule has 0 aromatic carbocycles. The first-order valence-corrected chi connectivity index (χ1v) is 37.9. The van der Waals surface area contributed by atoms with Gasteiger partial charge in [0.2, 0.25) is 5.91 Å². The van der Waals surface area contributed by atoms with Crippen LogP contribution in [0.3, 0.4) is 0 Å². The lowest BCUT2D eigenvalue weighted by Gasteiger charge is -2.20. The zero-order chi connectivity index (χ0) is 60.6. The Labute approximate surface area is 525 Å². The molecule has 1 amide bonds. The Hall–Kier alpha value is -2.18. The Bertz CT molecular complexity index is 1400. The topological polar surface area (TPSA) is 95.9 Å². The third-order valence-electron chi connectivity index (χ3n) is 17.6. The SMILES string of the molecule is CCCCC/C=C\C/C=C\CCCCCCCC(=O)OCCCCCCCCCCCCCC/C=C\CCCCCCCCCCCCCCCCCC(=O)NC(CO)C(O)/C=C/CCCCCCCCCCCCCCCCCCCCC. The zero-order valence-corrected chi connectivity index (χ0v) is 56.6. The standard InChI is InChI=1S/C78H147NO5/c1-3-5-7-9-11-13-15-17-19-20-21-33-36-39-43-46-50-54-58-62-66-70-76(81)75(74-80)79-77(82)71-67-63-59-55-51-47-44-40-37-34-31-29-27-25-23-22-24-26-28-30-32-35-38-41-45-49-53-57-61-65-69-73-84-78(83)72-68-64-60-56-52-48-42-18-16-14-12-10-8-6-4-2/h12,14,18,24,26,42,66,70,75-76,80-81H,3-11,13,15-17,19-23,25,27-41,43-65,67-69,71-74H2,1-2H3,(H,79,82)/b14-12-,26-24-,42-18-,70-66+. The highest BCUT2D eigenvalue weighted by Crippen LogP contribution is 2.19. The Morgan fingerprint density at radius 3 is 0.940 bits per heavy atom. The summed E-state index contributed by atoms with van der Waals surface area (Å²) in [5, 5.41) is 23.3. The summed E-state index contributed by atoms with van der Waals surface area (Å²) in [4.78, 5) is 24.6. The lowest BCUT2D eigenvalue weighted by atomic mass is 10.0. The van der Waals surface area contributed by atoms with E-state index in [1.807, 2.05) is 6.08 Å². The average molecular weight is 1180 g/mol. The maximum absolute atomic E-state index is 12.5. The third-order valence-corrected chi connectivity index (χ3v) is 17.6. The molecule has 0 radical (unpaired) electrons. The van der Waals surface area contributed by atoms with Gasteiger partial charge in [-0.15, -0.1) is 0 Å². The fourth-order valence-corrected chi connectivity index (χ4v) is 11.8. The average Bonchev–Trinajstić information content (AvgIpc) is 3.51. The van der Waals surface area contributed by atoms with E-state index in [0.29, 0.717) is 19.4 Å². The number of esters is 1. The largest absolute Gasteiger partial charge is 0.466 e. The normalized spacial score (nSPS) is 12.8. The minimum atomic E-state index is -0.845. The lowest BCUT2D eigenvalue weighted by Crippen LogP contribution is -2.45. The molecule has 0 aromatic rings. The number of rotatable bonds is 71. The van der Waals surface area contributed by atoms with Crippen LogP contribution < -0.4 is 5.32 Å². The predicted molar refractivity (Wildman–Crippen MR) is 370 cm³/mol. The summed E-state index contributed by atoms with van der Waals surface area (Å²) in [7, 11) is 0. The molecule has 2 atom stereocenters.